The smallest absolute Gasteiger partial charge is 0.246 e. The highest BCUT2D eigenvalue weighted by atomic mass is 32.2. The van der Waals surface area contributed by atoms with Crippen molar-refractivity contribution >= 4 is 10.0 Å². The van der Waals surface area contributed by atoms with Crippen molar-refractivity contribution in [1.29, 1.82) is 0 Å². The first kappa shape index (κ1) is 13.9. The predicted octanol–water partition coefficient (Wildman–Crippen LogP) is 1.21. The number of hydrogen-bond acceptors (Lipinski definition) is 4. The summed E-state index contributed by atoms with van der Waals surface area (Å²) in [6.45, 7) is 1.13. The van der Waals surface area contributed by atoms with Gasteiger partial charge in [0.2, 0.25) is 10.0 Å². The minimum absolute atomic E-state index is 0.264. The molecule has 2 fully saturated rings. The SMILES string of the molecule is COc1ccccc1S(=O)(=O)N1CCC2CCC(C1)N2. The molecule has 2 heterocycles. The molecule has 0 saturated carbocycles. The number of benzene rings is 1. The van der Waals surface area contributed by atoms with Crippen LogP contribution in [0.1, 0.15) is 19.3 Å². The Labute approximate surface area is 120 Å². The fourth-order valence-corrected chi connectivity index (χ4v) is 4.76. The zero-order chi connectivity index (χ0) is 14.2. The van der Waals surface area contributed by atoms with E-state index in [0.717, 1.165) is 19.3 Å². The van der Waals surface area contributed by atoms with Gasteiger partial charge in [0.1, 0.15) is 10.6 Å². The van der Waals surface area contributed by atoms with Crippen LogP contribution >= 0.6 is 0 Å². The second-order valence-electron chi connectivity index (χ2n) is 5.44. The molecule has 0 aliphatic carbocycles. The van der Waals surface area contributed by atoms with E-state index in [4.69, 9.17) is 4.74 Å². The van der Waals surface area contributed by atoms with Crippen LogP contribution in [-0.2, 0) is 10.0 Å². The topological polar surface area (TPSA) is 58.6 Å². The normalized spacial score (nSPS) is 27.2. The van der Waals surface area contributed by atoms with Crippen LogP contribution in [0.3, 0.4) is 0 Å². The van der Waals surface area contributed by atoms with Crippen LogP contribution < -0.4 is 10.1 Å². The average Bonchev–Trinajstić information content (AvgIpc) is 2.77. The summed E-state index contributed by atoms with van der Waals surface area (Å²) < 4.78 is 32.4. The van der Waals surface area contributed by atoms with Gasteiger partial charge in [0, 0.05) is 25.2 Å². The molecule has 20 heavy (non-hydrogen) atoms. The number of para-hydroxylation sites is 1. The van der Waals surface area contributed by atoms with Gasteiger partial charge in [-0.25, -0.2) is 8.42 Å². The number of sulfonamides is 1. The van der Waals surface area contributed by atoms with Gasteiger partial charge in [-0.05, 0) is 31.4 Å². The van der Waals surface area contributed by atoms with Crippen molar-refractivity contribution < 1.29 is 13.2 Å². The average molecular weight is 296 g/mol. The number of methoxy groups -OCH3 is 1. The van der Waals surface area contributed by atoms with E-state index < -0.39 is 10.0 Å². The van der Waals surface area contributed by atoms with E-state index >= 15 is 0 Å². The van der Waals surface area contributed by atoms with Crippen LogP contribution in [0.4, 0.5) is 0 Å². The number of hydrogen-bond donors (Lipinski definition) is 1. The first-order valence-corrected chi connectivity index (χ1v) is 8.44. The number of nitrogens with zero attached hydrogens (tertiary/aromatic N) is 1. The Morgan fingerprint density at radius 1 is 1.20 bits per heavy atom. The molecule has 1 aromatic carbocycles. The predicted molar refractivity (Wildman–Crippen MR) is 76.3 cm³/mol. The molecule has 3 rings (SSSR count). The largest absolute Gasteiger partial charge is 0.495 e. The summed E-state index contributed by atoms with van der Waals surface area (Å²) in [7, 11) is -1.98. The van der Waals surface area contributed by atoms with E-state index in [-0.39, 0.29) is 10.9 Å². The highest BCUT2D eigenvalue weighted by Gasteiger charge is 2.35. The molecule has 2 aliphatic rings. The van der Waals surface area contributed by atoms with Gasteiger partial charge in [0.05, 0.1) is 7.11 Å². The lowest BCUT2D eigenvalue weighted by molar-refractivity contribution is 0.373. The maximum Gasteiger partial charge on any atom is 0.246 e. The van der Waals surface area contributed by atoms with E-state index in [0.29, 0.717) is 24.9 Å². The van der Waals surface area contributed by atoms with E-state index in [1.807, 2.05) is 0 Å². The molecule has 2 aliphatic heterocycles. The molecule has 0 spiro atoms. The maximum atomic E-state index is 12.8. The summed E-state index contributed by atoms with van der Waals surface area (Å²) in [5.74, 6) is 0.412. The Hall–Kier alpha value is -1.11. The van der Waals surface area contributed by atoms with E-state index in [1.165, 1.54) is 7.11 Å². The van der Waals surface area contributed by atoms with Crippen molar-refractivity contribution in [1.82, 2.24) is 9.62 Å². The zero-order valence-corrected chi connectivity index (χ0v) is 12.4. The number of ether oxygens (including phenoxy) is 1. The highest BCUT2D eigenvalue weighted by molar-refractivity contribution is 7.89. The van der Waals surface area contributed by atoms with Crippen LogP contribution in [0.5, 0.6) is 5.75 Å². The van der Waals surface area contributed by atoms with Crippen LogP contribution in [0.25, 0.3) is 0 Å². The van der Waals surface area contributed by atoms with E-state index in [2.05, 4.69) is 5.32 Å². The van der Waals surface area contributed by atoms with Gasteiger partial charge in [0.15, 0.2) is 0 Å². The van der Waals surface area contributed by atoms with Gasteiger partial charge < -0.3 is 10.1 Å². The lowest BCUT2D eigenvalue weighted by Crippen LogP contribution is -2.39. The fraction of sp³-hybridized carbons (Fsp3) is 0.571. The molecule has 0 amide bonds. The van der Waals surface area contributed by atoms with Gasteiger partial charge in [-0.15, -0.1) is 0 Å². The van der Waals surface area contributed by atoms with Gasteiger partial charge in [0.25, 0.3) is 0 Å². The third kappa shape index (κ3) is 2.43. The minimum Gasteiger partial charge on any atom is -0.495 e. The van der Waals surface area contributed by atoms with E-state index in [9.17, 15) is 8.42 Å². The Balaban J connectivity index is 1.91. The zero-order valence-electron chi connectivity index (χ0n) is 11.6. The standard InChI is InChI=1S/C14H20N2O3S/c1-19-13-4-2-3-5-14(13)20(17,18)16-9-8-11-6-7-12(10-16)15-11/h2-5,11-12,15H,6-10H2,1H3. The molecule has 2 atom stereocenters. The maximum absolute atomic E-state index is 12.8. The molecular weight excluding hydrogens is 276 g/mol. The lowest BCUT2D eigenvalue weighted by atomic mass is 10.1. The molecule has 1 N–H and O–H groups in total. The van der Waals surface area contributed by atoms with Crippen molar-refractivity contribution in [3.63, 3.8) is 0 Å². The van der Waals surface area contributed by atoms with Crippen molar-refractivity contribution in [2.45, 2.75) is 36.2 Å². The van der Waals surface area contributed by atoms with Crippen molar-refractivity contribution in [2.24, 2.45) is 0 Å². The highest BCUT2D eigenvalue weighted by Crippen LogP contribution is 2.29. The third-order valence-corrected chi connectivity index (χ3v) is 6.08. The second-order valence-corrected chi connectivity index (χ2v) is 7.35. The van der Waals surface area contributed by atoms with Crippen molar-refractivity contribution in [2.75, 3.05) is 20.2 Å². The molecule has 2 bridgehead atoms. The monoisotopic (exact) mass is 296 g/mol. The molecule has 6 heteroatoms. The van der Waals surface area contributed by atoms with Crippen molar-refractivity contribution in [3.8, 4) is 5.75 Å². The fourth-order valence-electron chi connectivity index (χ4n) is 3.10. The van der Waals surface area contributed by atoms with Crippen LogP contribution in [0.2, 0.25) is 0 Å². The first-order valence-electron chi connectivity index (χ1n) is 7.00. The van der Waals surface area contributed by atoms with Crippen molar-refractivity contribution in [3.05, 3.63) is 24.3 Å². The van der Waals surface area contributed by atoms with Gasteiger partial charge in [-0.3, -0.25) is 0 Å². The summed E-state index contributed by atoms with van der Waals surface area (Å²) in [6.07, 6.45) is 3.10. The Morgan fingerprint density at radius 2 is 1.95 bits per heavy atom. The molecule has 2 saturated heterocycles. The minimum atomic E-state index is -3.48. The van der Waals surface area contributed by atoms with Gasteiger partial charge in [-0.2, -0.15) is 4.31 Å². The molecule has 2 unspecified atom stereocenters. The van der Waals surface area contributed by atoms with E-state index in [1.54, 1.807) is 28.6 Å². The molecule has 1 aromatic rings. The number of nitrogens with one attached hydrogen (secondary N) is 1. The summed E-state index contributed by atoms with van der Waals surface area (Å²) in [4.78, 5) is 0.264. The number of rotatable bonds is 3. The quantitative estimate of drug-likeness (QED) is 0.911. The summed E-state index contributed by atoms with van der Waals surface area (Å²) in [5, 5.41) is 3.50. The van der Waals surface area contributed by atoms with Crippen LogP contribution in [0.15, 0.2) is 29.2 Å². The summed E-state index contributed by atoms with van der Waals surface area (Å²) in [6, 6.07) is 7.58. The number of fused-ring (bicyclic) bond motifs is 2. The Bertz CT molecular complexity index is 588. The molecule has 0 aromatic heterocycles. The Morgan fingerprint density at radius 3 is 2.75 bits per heavy atom. The molecule has 5 nitrogen and oxygen atoms in total. The van der Waals surface area contributed by atoms with Crippen LogP contribution in [0, 0.1) is 0 Å². The molecule has 0 radical (unpaired) electrons. The summed E-state index contributed by atoms with van der Waals surface area (Å²) in [5.41, 5.74) is 0. The molecule has 110 valence electrons. The third-order valence-electron chi connectivity index (χ3n) is 4.17. The first-order chi connectivity index (χ1) is 9.61. The van der Waals surface area contributed by atoms with Crippen LogP contribution in [-0.4, -0.2) is 45.0 Å². The Kier molecular flexibility index (Phi) is 3.70. The second kappa shape index (κ2) is 5.35. The molecular formula is C14H20N2O3S. The summed E-state index contributed by atoms with van der Waals surface area (Å²) >= 11 is 0. The van der Waals surface area contributed by atoms with Gasteiger partial charge >= 0.3 is 0 Å². The van der Waals surface area contributed by atoms with Gasteiger partial charge in [-0.1, -0.05) is 12.1 Å². The lowest BCUT2D eigenvalue weighted by Gasteiger charge is -2.24.